The fourth-order valence-electron chi connectivity index (χ4n) is 4.54. The average Bonchev–Trinajstić information content (AvgIpc) is 3.28. The SMILES string of the molecule is CCC(=O)N1CCC[C@H]1c1cc2nc3c(c(=O)n2[nH]1)CN(C(=O)C1CC1)CC3. The van der Waals surface area contributed by atoms with Crippen LogP contribution in [0.25, 0.3) is 5.65 Å². The minimum Gasteiger partial charge on any atom is -0.337 e. The maximum absolute atomic E-state index is 13.1. The first-order chi connectivity index (χ1) is 13.6. The zero-order valence-electron chi connectivity index (χ0n) is 16.1. The Hall–Kier alpha value is -2.64. The number of hydrogen-bond acceptors (Lipinski definition) is 4. The predicted molar refractivity (Wildman–Crippen MR) is 102 cm³/mol. The number of fused-ring (bicyclic) bond motifs is 2. The lowest BCUT2D eigenvalue weighted by Gasteiger charge is -2.27. The Bertz CT molecular complexity index is 1020. The van der Waals surface area contributed by atoms with Gasteiger partial charge < -0.3 is 9.80 Å². The Balaban J connectivity index is 1.50. The van der Waals surface area contributed by atoms with Crippen LogP contribution in [-0.4, -0.2) is 49.3 Å². The van der Waals surface area contributed by atoms with E-state index in [2.05, 4.69) is 5.10 Å². The number of aromatic amines is 1. The first-order valence-electron chi connectivity index (χ1n) is 10.3. The minimum absolute atomic E-state index is 0.0291. The number of carbonyl (C=O) groups excluding carboxylic acids is 2. The highest BCUT2D eigenvalue weighted by Gasteiger charge is 2.36. The van der Waals surface area contributed by atoms with Crippen LogP contribution in [0.5, 0.6) is 0 Å². The predicted octanol–water partition coefficient (Wildman–Crippen LogP) is 1.39. The van der Waals surface area contributed by atoms with Crippen molar-refractivity contribution in [1.29, 1.82) is 0 Å². The van der Waals surface area contributed by atoms with Gasteiger partial charge in [0.2, 0.25) is 11.8 Å². The molecule has 1 saturated heterocycles. The Morgan fingerprint density at radius 3 is 2.82 bits per heavy atom. The van der Waals surface area contributed by atoms with Gasteiger partial charge in [-0.25, -0.2) is 9.50 Å². The molecular weight excluding hydrogens is 358 g/mol. The zero-order valence-corrected chi connectivity index (χ0v) is 16.1. The van der Waals surface area contributed by atoms with Crippen LogP contribution < -0.4 is 5.56 Å². The lowest BCUT2D eigenvalue weighted by molar-refractivity contribution is -0.133. The quantitative estimate of drug-likeness (QED) is 0.867. The molecule has 1 saturated carbocycles. The number of hydrogen-bond donors (Lipinski definition) is 1. The van der Waals surface area contributed by atoms with Gasteiger partial charge in [-0.2, -0.15) is 0 Å². The molecule has 2 aromatic heterocycles. The summed E-state index contributed by atoms with van der Waals surface area (Å²) in [6.45, 7) is 3.60. The summed E-state index contributed by atoms with van der Waals surface area (Å²) in [4.78, 5) is 46.1. The molecule has 0 radical (unpaired) electrons. The number of aromatic nitrogens is 3. The maximum Gasteiger partial charge on any atom is 0.277 e. The molecule has 4 heterocycles. The molecule has 1 atom stereocenters. The topological polar surface area (TPSA) is 90.8 Å². The molecule has 3 aliphatic rings. The van der Waals surface area contributed by atoms with E-state index >= 15 is 0 Å². The number of amides is 2. The van der Waals surface area contributed by atoms with Crippen molar-refractivity contribution < 1.29 is 9.59 Å². The third-order valence-electron chi connectivity index (χ3n) is 6.25. The van der Waals surface area contributed by atoms with E-state index in [4.69, 9.17) is 4.98 Å². The van der Waals surface area contributed by atoms with Gasteiger partial charge in [-0.1, -0.05) is 6.92 Å². The third kappa shape index (κ3) is 2.73. The highest BCUT2D eigenvalue weighted by atomic mass is 16.2. The molecule has 8 heteroatoms. The number of nitrogens with zero attached hydrogens (tertiary/aromatic N) is 4. The first-order valence-corrected chi connectivity index (χ1v) is 10.3. The van der Waals surface area contributed by atoms with Gasteiger partial charge >= 0.3 is 0 Å². The van der Waals surface area contributed by atoms with E-state index in [1.807, 2.05) is 17.9 Å². The van der Waals surface area contributed by atoms with Crippen molar-refractivity contribution in [3.05, 3.63) is 33.4 Å². The van der Waals surface area contributed by atoms with E-state index < -0.39 is 0 Å². The zero-order chi connectivity index (χ0) is 19.4. The van der Waals surface area contributed by atoms with Crippen LogP contribution in [0.15, 0.2) is 10.9 Å². The molecule has 2 amide bonds. The second-order valence-corrected chi connectivity index (χ2v) is 8.13. The normalized spacial score (nSPS) is 22.0. The fourth-order valence-corrected chi connectivity index (χ4v) is 4.54. The smallest absolute Gasteiger partial charge is 0.277 e. The van der Waals surface area contributed by atoms with Crippen LogP contribution in [0.1, 0.15) is 62.0 Å². The summed E-state index contributed by atoms with van der Waals surface area (Å²) in [6.07, 6.45) is 4.87. The lowest BCUT2D eigenvalue weighted by atomic mass is 10.1. The van der Waals surface area contributed by atoms with Gasteiger partial charge in [0.15, 0.2) is 5.65 Å². The molecule has 2 aromatic rings. The molecule has 2 aliphatic heterocycles. The minimum atomic E-state index is -0.133. The van der Waals surface area contributed by atoms with Gasteiger partial charge in [0.25, 0.3) is 5.56 Å². The van der Waals surface area contributed by atoms with Gasteiger partial charge in [0.05, 0.1) is 29.5 Å². The van der Waals surface area contributed by atoms with E-state index in [1.165, 1.54) is 4.52 Å². The van der Waals surface area contributed by atoms with Gasteiger partial charge in [-0.05, 0) is 25.7 Å². The van der Waals surface area contributed by atoms with Crippen LogP contribution in [0.4, 0.5) is 0 Å². The highest BCUT2D eigenvalue weighted by molar-refractivity contribution is 5.81. The summed E-state index contributed by atoms with van der Waals surface area (Å²) in [7, 11) is 0. The van der Waals surface area contributed by atoms with Crippen molar-refractivity contribution >= 4 is 17.5 Å². The number of H-pyrrole nitrogens is 1. The standard InChI is InChI=1S/C20H25N5O3/c1-2-18(26)24-8-3-4-16(24)15-10-17-21-14-7-9-23(19(27)12-5-6-12)11-13(14)20(28)25(17)22-15/h10,12,16,22H,2-9,11H2,1H3/t16-/m0/s1. The molecule has 8 nitrogen and oxygen atoms in total. The highest BCUT2D eigenvalue weighted by Crippen LogP contribution is 2.33. The van der Waals surface area contributed by atoms with Gasteiger partial charge in [-0.3, -0.25) is 19.5 Å². The van der Waals surface area contributed by atoms with Gasteiger partial charge in [0.1, 0.15) is 0 Å². The number of rotatable bonds is 3. The largest absolute Gasteiger partial charge is 0.337 e. The van der Waals surface area contributed by atoms with Crippen LogP contribution >= 0.6 is 0 Å². The second-order valence-electron chi connectivity index (χ2n) is 8.13. The van der Waals surface area contributed by atoms with E-state index in [0.717, 1.165) is 43.6 Å². The summed E-state index contributed by atoms with van der Waals surface area (Å²) < 4.78 is 1.48. The van der Waals surface area contributed by atoms with E-state index in [-0.39, 0.29) is 29.3 Å². The molecule has 0 unspecified atom stereocenters. The Morgan fingerprint density at radius 1 is 1.25 bits per heavy atom. The van der Waals surface area contributed by atoms with E-state index in [9.17, 15) is 14.4 Å². The monoisotopic (exact) mass is 383 g/mol. The van der Waals surface area contributed by atoms with Crippen LogP contribution in [0.3, 0.4) is 0 Å². The molecule has 0 bridgehead atoms. The molecule has 0 aromatic carbocycles. The van der Waals surface area contributed by atoms with Crippen molar-refractivity contribution in [1.82, 2.24) is 24.4 Å². The van der Waals surface area contributed by atoms with Crippen molar-refractivity contribution in [3.8, 4) is 0 Å². The maximum atomic E-state index is 13.1. The van der Waals surface area contributed by atoms with Gasteiger partial charge in [-0.15, -0.1) is 0 Å². The molecule has 5 rings (SSSR count). The molecule has 2 fully saturated rings. The summed E-state index contributed by atoms with van der Waals surface area (Å²) in [5, 5.41) is 3.19. The molecule has 1 aliphatic carbocycles. The van der Waals surface area contributed by atoms with Crippen molar-refractivity contribution in [2.75, 3.05) is 13.1 Å². The summed E-state index contributed by atoms with van der Waals surface area (Å²) in [6, 6.07) is 1.87. The summed E-state index contributed by atoms with van der Waals surface area (Å²) in [5.41, 5.74) is 2.72. The number of carbonyl (C=O) groups is 2. The molecule has 0 spiro atoms. The van der Waals surface area contributed by atoms with Crippen molar-refractivity contribution in [2.45, 2.75) is 58.0 Å². The van der Waals surface area contributed by atoms with Crippen molar-refractivity contribution in [3.63, 3.8) is 0 Å². The number of likely N-dealkylation sites (tertiary alicyclic amines) is 1. The lowest BCUT2D eigenvalue weighted by Crippen LogP contribution is -2.40. The number of nitrogens with one attached hydrogen (secondary N) is 1. The van der Waals surface area contributed by atoms with E-state index in [0.29, 0.717) is 37.1 Å². The van der Waals surface area contributed by atoms with Crippen LogP contribution in [-0.2, 0) is 22.6 Å². The summed E-state index contributed by atoms with van der Waals surface area (Å²) >= 11 is 0. The molecule has 28 heavy (non-hydrogen) atoms. The van der Waals surface area contributed by atoms with Crippen molar-refractivity contribution in [2.24, 2.45) is 5.92 Å². The Labute approximate surface area is 162 Å². The Kier molecular flexibility index (Phi) is 4.03. The molecule has 148 valence electrons. The van der Waals surface area contributed by atoms with Crippen LogP contribution in [0.2, 0.25) is 0 Å². The second kappa shape index (κ2) is 6.46. The van der Waals surface area contributed by atoms with E-state index in [1.54, 1.807) is 4.90 Å². The Morgan fingerprint density at radius 2 is 2.07 bits per heavy atom. The molecule has 1 N–H and O–H groups in total. The first kappa shape index (κ1) is 17.5. The average molecular weight is 383 g/mol. The summed E-state index contributed by atoms with van der Waals surface area (Å²) in [5.74, 6) is 0.458. The third-order valence-corrected chi connectivity index (χ3v) is 6.25. The fraction of sp³-hybridized carbons (Fsp3) is 0.600. The van der Waals surface area contributed by atoms with Crippen LogP contribution in [0, 0.1) is 5.92 Å². The van der Waals surface area contributed by atoms with Gasteiger partial charge in [0, 0.05) is 37.9 Å². The molecular formula is C20H25N5O3.